The minimum atomic E-state index is -1.88. The van der Waals surface area contributed by atoms with E-state index in [4.69, 9.17) is 18.9 Å². The van der Waals surface area contributed by atoms with Crippen LogP contribution in [0.15, 0.2) is 12.2 Å². The molecule has 2 heterocycles. The first kappa shape index (κ1) is 29.8. The van der Waals surface area contributed by atoms with Gasteiger partial charge in [-0.15, -0.1) is 0 Å². The molecule has 0 spiro atoms. The number of hydrogen-bond acceptors (Lipinski definition) is 12. The SMILES string of the molecule is C[C@H](O)/C=C/[C@@]1(O)[C@H](C)C[C@H](O[C@@H]2O[C@H](CO[C@@H]3OC[C@](O)(CO)[C@H]3O)[C@@H](O)[C@H](O)[C@H]2O)CC1(C)C. The van der Waals surface area contributed by atoms with Gasteiger partial charge in [0.05, 0.1) is 37.6 Å². The first-order valence-electron chi connectivity index (χ1n) is 12.3. The number of hydrogen-bond donors (Lipinski definition) is 8. The Morgan fingerprint density at radius 3 is 2.28 bits per heavy atom. The molecule has 1 aliphatic carbocycles. The Kier molecular flexibility index (Phi) is 9.25. The van der Waals surface area contributed by atoms with Crippen LogP contribution in [0.3, 0.4) is 0 Å². The standard InChI is InChI=1S/C24H42O12/c1-12-7-14(8-22(3,4)24(12,32)6-5-13(2)26)35-20-18(29)17(28)16(27)15(36-20)9-33-21-19(30)23(31,10-25)11-34-21/h5-6,12-21,25-32H,7-11H2,1-4H3/b6-5+/t12-,13+,14+,15-,16-,17+,18-,19+,20-,21-,23-,24-/m1/s1. The third kappa shape index (κ3) is 5.80. The van der Waals surface area contributed by atoms with Crippen LogP contribution in [0.4, 0.5) is 0 Å². The second-order valence-electron chi connectivity index (χ2n) is 11.1. The van der Waals surface area contributed by atoms with E-state index < -0.39 is 78.5 Å². The zero-order chi connectivity index (χ0) is 27.1. The lowest BCUT2D eigenvalue weighted by Gasteiger charge is -2.52. The molecule has 0 aromatic rings. The Morgan fingerprint density at radius 2 is 1.72 bits per heavy atom. The van der Waals surface area contributed by atoms with Crippen molar-refractivity contribution in [1.29, 1.82) is 0 Å². The van der Waals surface area contributed by atoms with Crippen LogP contribution >= 0.6 is 0 Å². The predicted molar refractivity (Wildman–Crippen MR) is 123 cm³/mol. The van der Waals surface area contributed by atoms with Crippen molar-refractivity contribution in [2.75, 3.05) is 19.8 Å². The summed E-state index contributed by atoms with van der Waals surface area (Å²) < 4.78 is 22.4. The molecule has 0 unspecified atom stereocenters. The van der Waals surface area contributed by atoms with Gasteiger partial charge < -0.3 is 59.8 Å². The van der Waals surface area contributed by atoms with Crippen molar-refractivity contribution in [3.8, 4) is 0 Å². The molecular weight excluding hydrogens is 480 g/mol. The molecule has 0 bridgehead atoms. The fourth-order valence-electron chi connectivity index (χ4n) is 5.32. The summed E-state index contributed by atoms with van der Waals surface area (Å²) in [6.45, 7) is 5.74. The van der Waals surface area contributed by atoms with Gasteiger partial charge in [-0.1, -0.05) is 32.9 Å². The maximum Gasteiger partial charge on any atom is 0.186 e. The molecule has 2 aliphatic heterocycles. The Labute approximate surface area is 210 Å². The number of aliphatic hydroxyl groups excluding tert-OH is 6. The van der Waals surface area contributed by atoms with Gasteiger partial charge in [-0.2, -0.15) is 0 Å². The second kappa shape index (κ2) is 11.2. The first-order valence-corrected chi connectivity index (χ1v) is 12.3. The van der Waals surface area contributed by atoms with E-state index in [1.807, 2.05) is 20.8 Å². The lowest BCUT2D eigenvalue weighted by molar-refractivity contribution is -0.325. The molecule has 12 atom stereocenters. The summed E-state index contributed by atoms with van der Waals surface area (Å²) in [6.07, 6.45) is -7.24. The average molecular weight is 523 g/mol. The molecule has 0 radical (unpaired) electrons. The smallest absolute Gasteiger partial charge is 0.186 e. The van der Waals surface area contributed by atoms with Crippen molar-refractivity contribution in [2.45, 2.75) is 107 Å². The van der Waals surface area contributed by atoms with Gasteiger partial charge in [0.2, 0.25) is 0 Å². The Balaban J connectivity index is 1.64. The molecule has 3 rings (SSSR count). The van der Waals surface area contributed by atoms with Crippen LogP contribution in [0.2, 0.25) is 0 Å². The summed E-state index contributed by atoms with van der Waals surface area (Å²) in [4.78, 5) is 0. The second-order valence-corrected chi connectivity index (χ2v) is 11.1. The third-order valence-corrected chi connectivity index (χ3v) is 7.82. The van der Waals surface area contributed by atoms with Crippen molar-refractivity contribution in [1.82, 2.24) is 0 Å². The molecule has 12 nitrogen and oxygen atoms in total. The number of aliphatic hydroxyl groups is 8. The molecule has 1 saturated carbocycles. The van der Waals surface area contributed by atoms with Crippen LogP contribution in [-0.2, 0) is 18.9 Å². The monoisotopic (exact) mass is 522 g/mol. The van der Waals surface area contributed by atoms with Gasteiger partial charge in [0, 0.05) is 0 Å². The van der Waals surface area contributed by atoms with E-state index in [2.05, 4.69) is 0 Å². The van der Waals surface area contributed by atoms with Crippen molar-refractivity contribution in [3.05, 3.63) is 12.2 Å². The van der Waals surface area contributed by atoms with E-state index in [-0.39, 0.29) is 19.1 Å². The van der Waals surface area contributed by atoms with Gasteiger partial charge in [0.15, 0.2) is 12.6 Å². The van der Waals surface area contributed by atoms with Crippen LogP contribution in [0.1, 0.15) is 40.5 Å². The van der Waals surface area contributed by atoms with Crippen molar-refractivity contribution in [3.63, 3.8) is 0 Å². The summed E-state index contributed by atoms with van der Waals surface area (Å²) in [5.74, 6) is -0.275. The van der Waals surface area contributed by atoms with E-state index in [0.29, 0.717) is 12.8 Å². The summed E-state index contributed by atoms with van der Waals surface area (Å²) >= 11 is 0. The van der Waals surface area contributed by atoms with Gasteiger partial charge >= 0.3 is 0 Å². The molecule has 36 heavy (non-hydrogen) atoms. The van der Waals surface area contributed by atoms with E-state index >= 15 is 0 Å². The molecular formula is C24H42O12. The fourth-order valence-corrected chi connectivity index (χ4v) is 5.32. The van der Waals surface area contributed by atoms with Crippen LogP contribution < -0.4 is 0 Å². The van der Waals surface area contributed by atoms with Crippen molar-refractivity contribution < 1.29 is 59.8 Å². The third-order valence-electron chi connectivity index (χ3n) is 7.82. The maximum absolute atomic E-state index is 11.4. The summed E-state index contributed by atoms with van der Waals surface area (Å²) in [6, 6.07) is 0. The number of ether oxygens (including phenoxy) is 4. The molecule has 8 N–H and O–H groups in total. The van der Waals surface area contributed by atoms with E-state index in [0.717, 1.165) is 0 Å². The van der Waals surface area contributed by atoms with E-state index in [9.17, 15) is 40.9 Å². The average Bonchev–Trinajstić information content (AvgIpc) is 3.09. The van der Waals surface area contributed by atoms with E-state index in [1.165, 1.54) is 0 Å². The molecule has 0 aromatic carbocycles. The van der Waals surface area contributed by atoms with Crippen LogP contribution in [0, 0.1) is 11.3 Å². The van der Waals surface area contributed by atoms with Gasteiger partial charge in [-0.05, 0) is 31.1 Å². The minimum Gasteiger partial charge on any atom is -0.393 e. The molecule has 3 fully saturated rings. The molecule has 12 heteroatoms. The van der Waals surface area contributed by atoms with Gasteiger partial charge in [-0.3, -0.25) is 0 Å². The zero-order valence-electron chi connectivity index (χ0n) is 21.2. The first-order chi connectivity index (χ1) is 16.6. The molecule has 2 saturated heterocycles. The lowest BCUT2D eigenvalue weighted by atomic mass is 9.59. The van der Waals surface area contributed by atoms with Crippen LogP contribution in [-0.4, -0.2) is 127 Å². The van der Waals surface area contributed by atoms with Crippen LogP contribution in [0.25, 0.3) is 0 Å². The Bertz CT molecular complexity index is 761. The van der Waals surface area contributed by atoms with E-state index in [1.54, 1.807) is 19.1 Å². The van der Waals surface area contributed by atoms with Crippen molar-refractivity contribution >= 4 is 0 Å². The highest BCUT2D eigenvalue weighted by molar-refractivity contribution is 5.15. The Hall–Kier alpha value is -0.740. The highest BCUT2D eigenvalue weighted by Gasteiger charge is 2.53. The van der Waals surface area contributed by atoms with Crippen molar-refractivity contribution in [2.24, 2.45) is 11.3 Å². The highest BCUT2D eigenvalue weighted by Crippen LogP contribution is 2.49. The van der Waals surface area contributed by atoms with Gasteiger partial charge in [-0.25, -0.2) is 0 Å². The minimum absolute atomic E-state index is 0.275. The topological polar surface area (TPSA) is 199 Å². The van der Waals surface area contributed by atoms with Gasteiger partial charge in [0.25, 0.3) is 0 Å². The predicted octanol–water partition coefficient (Wildman–Crippen LogP) is -2.24. The molecule has 0 amide bonds. The van der Waals surface area contributed by atoms with Gasteiger partial charge in [0.1, 0.15) is 36.1 Å². The summed E-state index contributed by atoms with van der Waals surface area (Å²) in [7, 11) is 0. The molecule has 210 valence electrons. The normalized spacial score (nSPS) is 48.4. The zero-order valence-corrected chi connectivity index (χ0v) is 21.2. The van der Waals surface area contributed by atoms with Crippen LogP contribution in [0.5, 0.6) is 0 Å². The lowest BCUT2D eigenvalue weighted by Crippen LogP contribution is -2.61. The Morgan fingerprint density at radius 1 is 1.06 bits per heavy atom. The fraction of sp³-hybridized carbons (Fsp3) is 0.917. The molecule has 3 aliphatic rings. The largest absolute Gasteiger partial charge is 0.393 e. The maximum atomic E-state index is 11.4. The molecule has 0 aromatic heterocycles. The number of rotatable bonds is 8. The quantitative estimate of drug-likeness (QED) is 0.160. The highest BCUT2D eigenvalue weighted by atomic mass is 16.7. The summed E-state index contributed by atoms with van der Waals surface area (Å²) in [5.41, 5.74) is -3.75. The summed E-state index contributed by atoms with van der Waals surface area (Å²) in [5, 5.41) is 81.8.